The highest BCUT2D eigenvalue weighted by Crippen LogP contribution is 2.27. The SMILES string of the molecule is CCCC[C@H](NC1=C(Cl)C(=O)c2ccccc2C1=O)C(=O)[O-]. The largest absolute Gasteiger partial charge is 0.548 e. The highest BCUT2D eigenvalue weighted by atomic mass is 35.5. The van der Waals surface area contributed by atoms with Crippen LogP contribution in [0.4, 0.5) is 0 Å². The number of Topliss-reactive ketones (excluding diaryl/α,β-unsaturated/α-hetero) is 2. The van der Waals surface area contributed by atoms with Gasteiger partial charge in [-0.25, -0.2) is 0 Å². The lowest BCUT2D eigenvalue weighted by Gasteiger charge is -2.25. The fourth-order valence-corrected chi connectivity index (χ4v) is 2.55. The summed E-state index contributed by atoms with van der Waals surface area (Å²) >= 11 is 5.97. The maximum atomic E-state index is 12.4. The molecule has 2 rings (SSSR count). The molecule has 0 saturated heterocycles. The fourth-order valence-electron chi connectivity index (χ4n) is 2.31. The minimum absolute atomic E-state index is 0.171. The summed E-state index contributed by atoms with van der Waals surface area (Å²) < 4.78 is 0. The smallest absolute Gasteiger partial charge is 0.211 e. The predicted molar refractivity (Wildman–Crippen MR) is 79.4 cm³/mol. The Morgan fingerprint density at radius 1 is 1.23 bits per heavy atom. The molecule has 0 unspecified atom stereocenters. The van der Waals surface area contributed by atoms with Gasteiger partial charge in [0, 0.05) is 11.1 Å². The van der Waals surface area contributed by atoms with Crippen LogP contribution in [0.2, 0.25) is 0 Å². The van der Waals surface area contributed by atoms with Crippen molar-refractivity contribution in [1.82, 2.24) is 5.32 Å². The van der Waals surface area contributed by atoms with E-state index in [1.54, 1.807) is 12.1 Å². The highest BCUT2D eigenvalue weighted by Gasteiger charge is 2.32. The van der Waals surface area contributed by atoms with E-state index >= 15 is 0 Å². The fraction of sp³-hybridized carbons (Fsp3) is 0.312. The Morgan fingerprint density at radius 2 is 1.82 bits per heavy atom. The Bertz CT molecular complexity index is 666. The molecule has 1 aliphatic rings. The van der Waals surface area contributed by atoms with Crippen LogP contribution in [-0.2, 0) is 4.79 Å². The van der Waals surface area contributed by atoms with E-state index in [1.807, 2.05) is 6.92 Å². The molecule has 1 N–H and O–H groups in total. The lowest BCUT2D eigenvalue weighted by atomic mass is 9.92. The van der Waals surface area contributed by atoms with E-state index in [0.29, 0.717) is 6.42 Å². The molecule has 0 radical (unpaired) electrons. The second-order valence-electron chi connectivity index (χ2n) is 5.05. The summed E-state index contributed by atoms with van der Waals surface area (Å²) in [4.78, 5) is 35.8. The summed E-state index contributed by atoms with van der Waals surface area (Å²) in [5.74, 6) is -2.31. The van der Waals surface area contributed by atoms with Gasteiger partial charge in [-0.3, -0.25) is 9.59 Å². The molecular formula is C16H15ClNO4-. The number of carbonyl (C=O) groups is 3. The van der Waals surface area contributed by atoms with E-state index < -0.39 is 23.6 Å². The van der Waals surface area contributed by atoms with Crippen LogP contribution in [0.15, 0.2) is 35.0 Å². The van der Waals surface area contributed by atoms with Crippen LogP contribution >= 0.6 is 11.6 Å². The van der Waals surface area contributed by atoms with Gasteiger partial charge in [-0.2, -0.15) is 0 Å². The van der Waals surface area contributed by atoms with Gasteiger partial charge in [-0.1, -0.05) is 55.6 Å². The van der Waals surface area contributed by atoms with Crippen LogP contribution in [-0.4, -0.2) is 23.6 Å². The van der Waals surface area contributed by atoms with E-state index in [4.69, 9.17) is 11.6 Å². The molecule has 6 heteroatoms. The number of hydrogen-bond donors (Lipinski definition) is 1. The first-order valence-corrected chi connectivity index (χ1v) is 7.40. The van der Waals surface area contributed by atoms with Crippen molar-refractivity contribution < 1.29 is 19.5 Å². The van der Waals surface area contributed by atoms with Gasteiger partial charge in [0.25, 0.3) is 0 Å². The lowest BCUT2D eigenvalue weighted by Crippen LogP contribution is -2.47. The van der Waals surface area contributed by atoms with Crippen LogP contribution < -0.4 is 10.4 Å². The Balaban J connectivity index is 2.34. The predicted octanol–water partition coefficient (Wildman–Crippen LogP) is 1.41. The average Bonchev–Trinajstić information content (AvgIpc) is 2.52. The molecule has 0 aliphatic heterocycles. The second-order valence-corrected chi connectivity index (χ2v) is 5.43. The summed E-state index contributed by atoms with van der Waals surface area (Å²) in [6.45, 7) is 1.92. The minimum Gasteiger partial charge on any atom is -0.548 e. The minimum atomic E-state index is -1.33. The topological polar surface area (TPSA) is 86.3 Å². The third-order valence-electron chi connectivity index (χ3n) is 3.51. The number of hydrogen-bond acceptors (Lipinski definition) is 5. The summed E-state index contributed by atoms with van der Waals surface area (Å²) in [5, 5.41) is 13.5. The molecule has 22 heavy (non-hydrogen) atoms. The number of allylic oxidation sites excluding steroid dienone is 2. The monoisotopic (exact) mass is 320 g/mol. The van der Waals surface area contributed by atoms with Gasteiger partial charge in [0.05, 0.1) is 12.0 Å². The molecule has 0 amide bonds. The zero-order valence-corrected chi connectivity index (χ0v) is 12.8. The van der Waals surface area contributed by atoms with Gasteiger partial charge >= 0.3 is 0 Å². The first-order chi connectivity index (χ1) is 10.5. The number of benzene rings is 1. The average molecular weight is 321 g/mol. The molecule has 1 aromatic rings. The number of halogens is 1. The van der Waals surface area contributed by atoms with Gasteiger partial charge in [-0.15, -0.1) is 0 Å². The number of unbranched alkanes of at least 4 members (excludes halogenated alkanes) is 1. The summed E-state index contributed by atoms with van der Waals surface area (Å²) in [7, 11) is 0. The molecular weight excluding hydrogens is 306 g/mol. The number of ketones is 2. The van der Waals surface area contributed by atoms with Crippen LogP contribution in [0, 0.1) is 0 Å². The zero-order valence-electron chi connectivity index (χ0n) is 12.0. The Kier molecular flexibility index (Phi) is 4.98. The normalized spacial score (nSPS) is 15.5. The van der Waals surface area contributed by atoms with Gasteiger partial charge in [0.2, 0.25) is 11.6 Å². The van der Waals surface area contributed by atoms with Crippen LogP contribution in [0.1, 0.15) is 46.9 Å². The summed E-state index contributed by atoms with van der Waals surface area (Å²) in [5.41, 5.74) is 0.268. The number of aliphatic carboxylic acids is 1. The molecule has 0 bridgehead atoms. The van der Waals surface area contributed by atoms with E-state index in [-0.39, 0.29) is 28.3 Å². The van der Waals surface area contributed by atoms with Gasteiger partial charge in [-0.05, 0) is 6.42 Å². The Hall–Kier alpha value is -2.14. The van der Waals surface area contributed by atoms with E-state index in [9.17, 15) is 19.5 Å². The lowest BCUT2D eigenvalue weighted by molar-refractivity contribution is -0.308. The number of carboxylic acid groups (broad SMARTS) is 1. The first kappa shape index (κ1) is 16.2. The van der Waals surface area contributed by atoms with E-state index in [0.717, 1.165) is 6.42 Å². The van der Waals surface area contributed by atoms with Crippen molar-refractivity contribution in [3.63, 3.8) is 0 Å². The standard InChI is InChI=1S/C16H16ClNO4/c1-2-3-8-11(16(21)22)18-13-12(17)14(19)9-6-4-5-7-10(9)15(13)20/h4-7,11,18H,2-3,8H2,1H3,(H,21,22)/p-1/t11-/m0/s1. The molecule has 0 heterocycles. The number of fused-ring (bicyclic) bond motifs is 1. The molecule has 0 spiro atoms. The number of carbonyl (C=O) groups excluding carboxylic acids is 3. The summed E-state index contributed by atoms with van der Waals surface area (Å²) in [6, 6.07) is 5.24. The van der Waals surface area contributed by atoms with Gasteiger partial charge in [0.15, 0.2) is 0 Å². The third-order valence-corrected chi connectivity index (χ3v) is 3.87. The van der Waals surface area contributed by atoms with Crippen molar-refractivity contribution in [1.29, 1.82) is 0 Å². The quantitative estimate of drug-likeness (QED) is 0.856. The summed E-state index contributed by atoms with van der Waals surface area (Å²) in [6.07, 6.45) is 1.73. The van der Waals surface area contributed by atoms with E-state index in [1.165, 1.54) is 12.1 Å². The third kappa shape index (κ3) is 3.04. The highest BCUT2D eigenvalue weighted by molar-refractivity contribution is 6.49. The van der Waals surface area contributed by atoms with Crippen LogP contribution in [0.3, 0.4) is 0 Å². The number of carboxylic acids is 1. The van der Waals surface area contributed by atoms with Crippen LogP contribution in [0.25, 0.3) is 0 Å². The zero-order chi connectivity index (χ0) is 16.3. The van der Waals surface area contributed by atoms with Gasteiger partial charge in [0.1, 0.15) is 10.7 Å². The van der Waals surface area contributed by atoms with Gasteiger partial charge < -0.3 is 15.2 Å². The molecule has 1 aliphatic carbocycles. The van der Waals surface area contributed by atoms with Crippen molar-refractivity contribution in [2.45, 2.75) is 32.2 Å². The van der Waals surface area contributed by atoms with Crippen molar-refractivity contribution >= 4 is 29.1 Å². The molecule has 1 atom stereocenters. The molecule has 0 fully saturated rings. The maximum absolute atomic E-state index is 12.4. The maximum Gasteiger partial charge on any atom is 0.211 e. The van der Waals surface area contributed by atoms with Crippen molar-refractivity contribution in [2.75, 3.05) is 0 Å². The first-order valence-electron chi connectivity index (χ1n) is 7.03. The van der Waals surface area contributed by atoms with Crippen molar-refractivity contribution in [2.24, 2.45) is 0 Å². The number of nitrogens with one attached hydrogen (secondary N) is 1. The molecule has 116 valence electrons. The Labute approximate surface area is 133 Å². The van der Waals surface area contributed by atoms with Crippen LogP contribution in [0.5, 0.6) is 0 Å². The molecule has 5 nitrogen and oxygen atoms in total. The second kappa shape index (κ2) is 6.75. The number of rotatable bonds is 6. The van der Waals surface area contributed by atoms with Crippen molar-refractivity contribution in [3.8, 4) is 0 Å². The Morgan fingerprint density at radius 3 is 2.36 bits per heavy atom. The molecule has 0 aromatic heterocycles. The van der Waals surface area contributed by atoms with Crippen molar-refractivity contribution in [3.05, 3.63) is 46.1 Å². The molecule has 1 aromatic carbocycles. The van der Waals surface area contributed by atoms with E-state index in [2.05, 4.69) is 5.32 Å². The molecule has 0 saturated carbocycles.